The first-order valence-electron chi connectivity index (χ1n) is 5.31. The van der Waals surface area contributed by atoms with Gasteiger partial charge in [0.25, 0.3) is 0 Å². The zero-order valence-electron chi connectivity index (χ0n) is 10.4. The highest BCUT2D eigenvalue weighted by Gasteiger charge is 2.35. The molecule has 0 aliphatic carbocycles. The van der Waals surface area contributed by atoms with Gasteiger partial charge in [0, 0.05) is 5.54 Å². The lowest BCUT2D eigenvalue weighted by Gasteiger charge is -2.32. The SMILES string of the molecule is CCC(C)(CCN)NS(=O)(=O)C(C)(C)C. The van der Waals surface area contributed by atoms with Crippen molar-refractivity contribution in [1.29, 1.82) is 0 Å². The average molecular weight is 236 g/mol. The Hall–Kier alpha value is -0.130. The summed E-state index contributed by atoms with van der Waals surface area (Å²) in [5.41, 5.74) is 5.05. The van der Waals surface area contributed by atoms with Crippen LogP contribution in [0.15, 0.2) is 0 Å². The van der Waals surface area contributed by atoms with Gasteiger partial charge >= 0.3 is 0 Å². The molecule has 0 radical (unpaired) electrons. The van der Waals surface area contributed by atoms with Crippen LogP contribution in [0.25, 0.3) is 0 Å². The Morgan fingerprint density at radius 1 is 1.20 bits per heavy atom. The van der Waals surface area contributed by atoms with Gasteiger partial charge in [0.15, 0.2) is 0 Å². The summed E-state index contributed by atoms with van der Waals surface area (Å²) in [5, 5.41) is 0. The summed E-state index contributed by atoms with van der Waals surface area (Å²) in [6.07, 6.45) is 1.39. The van der Waals surface area contributed by atoms with E-state index in [-0.39, 0.29) is 0 Å². The van der Waals surface area contributed by atoms with Crippen molar-refractivity contribution in [3.8, 4) is 0 Å². The van der Waals surface area contributed by atoms with Crippen molar-refractivity contribution in [2.24, 2.45) is 5.73 Å². The summed E-state index contributed by atoms with van der Waals surface area (Å²) < 4.78 is 25.9. The molecule has 0 spiro atoms. The normalized spacial score (nSPS) is 17.5. The third-order valence-electron chi connectivity index (χ3n) is 2.66. The molecule has 1 unspecified atom stereocenters. The molecule has 0 aromatic carbocycles. The van der Waals surface area contributed by atoms with Gasteiger partial charge in [-0.2, -0.15) is 0 Å². The van der Waals surface area contributed by atoms with Crippen molar-refractivity contribution in [3.63, 3.8) is 0 Å². The van der Waals surface area contributed by atoms with Crippen LogP contribution in [0.2, 0.25) is 0 Å². The molecule has 0 bridgehead atoms. The summed E-state index contributed by atoms with van der Waals surface area (Å²) in [7, 11) is -3.30. The third-order valence-corrected chi connectivity index (χ3v) is 5.04. The van der Waals surface area contributed by atoms with E-state index in [0.717, 1.165) is 6.42 Å². The molecule has 0 saturated heterocycles. The molecular formula is C10H24N2O2S. The molecule has 0 saturated carbocycles. The molecule has 5 heteroatoms. The maximum atomic E-state index is 11.9. The second-order valence-electron chi connectivity index (χ2n) is 5.17. The number of nitrogens with one attached hydrogen (secondary N) is 1. The first-order chi connectivity index (χ1) is 6.58. The predicted octanol–water partition coefficient (Wildman–Crippen LogP) is 1.22. The van der Waals surface area contributed by atoms with Crippen molar-refractivity contribution < 1.29 is 8.42 Å². The molecule has 1 atom stereocenters. The summed E-state index contributed by atoms with van der Waals surface area (Å²) >= 11 is 0. The maximum absolute atomic E-state index is 11.9. The highest BCUT2D eigenvalue weighted by atomic mass is 32.2. The van der Waals surface area contributed by atoms with Gasteiger partial charge in [-0.25, -0.2) is 13.1 Å². The number of sulfonamides is 1. The van der Waals surface area contributed by atoms with Crippen LogP contribution in [0.3, 0.4) is 0 Å². The second-order valence-corrected chi connectivity index (χ2v) is 7.61. The maximum Gasteiger partial charge on any atom is 0.217 e. The largest absolute Gasteiger partial charge is 0.330 e. The van der Waals surface area contributed by atoms with Gasteiger partial charge in [0.05, 0.1) is 4.75 Å². The minimum absolute atomic E-state index is 0.430. The zero-order chi connectivity index (χ0) is 12.3. The average Bonchev–Trinajstić information content (AvgIpc) is 2.01. The van der Waals surface area contributed by atoms with Crippen LogP contribution >= 0.6 is 0 Å². The summed E-state index contributed by atoms with van der Waals surface area (Å²) in [6, 6.07) is 0. The number of rotatable bonds is 5. The Bertz CT molecular complexity index is 293. The minimum Gasteiger partial charge on any atom is -0.330 e. The first kappa shape index (κ1) is 14.9. The van der Waals surface area contributed by atoms with E-state index < -0.39 is 20.3 Å². The Morgan fingerprint density at radius 3 is 1.93 bits per heavy atom. The highest BCUT2D eigenvalue weighted by Crippen LogP contribution is 2.21. The van der Waals surface area contributed by atoms with E-state index in [4.69, 9.17) is 5.73 Å². The number of hydrogen-bond donors (Lipinski definition) is 2. The van der Waals surface area contributed by atoms with Gasteiger partial charge in [0.2, 0.25) is 10.0 Å². The Labute approximate surface area is 93.7 Å². The quantitative estimate of drug-likeness (QED) is 0.754. The van der Waals surface area contributed by atoms with Crippen LogP contribution < -0.4 is 10.5 Å². The number of nitrogens with two attached hydrogens (primary N) is 1. The van der Waals surface area contributed by atoms with Crippen LogP contribution in [0, 0.1) is 0 Å². The fraction of sp³-hybridized carbons (Fsp3) is 1.00. The lowest BCUT2D eigenvalue weighted by Crippen LogP contribution is -2.52. The Morgan fingerprint density at radius 2 is 1.67 bits per heavy atom. The van der Waals surface area contributed by atoms with Crippen LogP contribution in [-0.2, 0) is 10.0 Å². The molecule has 0 amide bonds. The molecule has 3 N–H and O–H groups in total. The number of hydrogen-bond acceptors (Lipinski definition) is 3. The van der Waals surface area contributed by atoms with Crippen molar-refractivity contribution >= 4 is 10.0 Å². The Kier molecular flexibility index (Phi) is 4.76. The molecule has 0 aromatic rings. The second kappa shape index (κ2) is 4.80. The highest BCUT2D eigenvalue weighted by molar-refractivity contribution is 7.90. The lowest BCUT2D eigenvalue weighted by molar-refractivity contribution is 0.373. The fourth-order valence-electron chi connectivity index (χ4n) is 1.10. The molecule has 4 nitrogen and oxygen atoms in total. The molecule has 0 aliphatic heterocycles. The van der Waals surface area contributed by atoms with E-state index in [9.17, 15) is 8.42 Å². The van der Waals surface area contributed by atoms with Gasteiger partial charge in [-0.15, -0.1) is 0 Å². The van der Waals surface area contributed by atoms with E-state index in [1.165, 1.54) is 0 Å². The molecular weight excluding hydrogens is 212 g/mol. The smallest absolute Gasteiger partial charge is 0.217 e. The fourth-order valence-corrected chi connectivity index (χ4v) is 2.30. The van der Waals surface area contributed by atoms with Gasteiger partial charge in [-0.1, -0.05) is 6.92 Å². The molecule has 92 valence electrons. The molecule has 15 heavy (non-hydrogen) atoms. The molecule has 0 rings (SSSR count). The molecule has 0 aromatic heterocycles. The summed E-state index contributed by atoms with van der Waals surface area (Å²) in [5.74, 6) is 0. The standard InChI is InChI=1S/C10H24N2O2S/c1-6-10(5,7-8-11)12-15(13,14)9(2,3)4/h12H,6-8,11H2,1-5H3. The van der Waals surface area contributed by atoms with Crippen molar-refractivity contribution in [2.75, 3.05) is 6.54 Å². The van der Waals surface area contributed by atoms with E-state index >= 15 is 0 Å². The van der Waals surface area contributed by atoms with Crippen LogP contribution in [-0.4, -0.2) is 25.2 Å². The predicted molar refractivity (Wildman–Crippen MR) is 64.2 cm³/mol. The van der Waals surface area contributed by atoms with Gasteiger partial charge in [-0.3, -0.25) is 0 Å². The van der Waals surface area contributed by atoms with Crippen LogP contribution in [0.5, 0.6) is 0 Å². The lowest BCUT2D eigenvalue weighted by atomic mass is 9.96. The zero-order valence-corrected chi connectivity index (χ0v) is 11.2. The van der Waals surface area contributed by atoms with E-state index in [1.54, 1.807) is 20.8 Å². The van der Waals surface area contributed by atoms with E-state index in [1.807, 2.05) is 13.8 Å². The van der Waals surface area contributed by atoms with Gasteiger partial charge in [0.1, 0.15) is 0 Å². The van der Waals surface area contributed by atoms with Gasteiger partial charge in [-0.05, 0) is 47.1 Å². The molecule has 0 aliphatic rings. The van der Waals surface area contributed by atoms with Crippen LogP contribution in [0.1, 0.15) is 47.5 Å². The minimum atomic E-state index is -3.30. The topological polar surface area (TPSA) is 72.2 Å². The molecule has 0 heterocycles. The van der Waals surface area contributed by atoms with E-state index in [2.05, 4.69) is 4.72 Å². The first-order valence-corrected chi connectivity index (χ1v) is 6.80. The Balaban J connectivity index is 4.85. The van der Waals surface area contributed by atoms with Crippen molar-refractivity contribution in [1.82, 2.24) is 4.72 Å². The van der Waals surface area contributed by atoms with Crippen LogP contribution in [0.4, 0.5) is 0 Å². The van der Waals surface area contributed by atoms with Crippen molar-refractivity contribution in [3.05, 3.63) is 0 Å². The monoisotopic (exact) mass is 236 g/mol. The van der Waals surface area contributed by atoms with Gasteiger partial charge < -0.3 is 5.73 Å². The summed E-state index contributed by atoms with van der Waals surface area (Å²) in [4.78, 5) is 0. The van der Waals surface area contributed by atoms with E-state index in [0.29, 0.717) is 13.0 Å². The molecule has 0 fully saturated rings. The summed E-state index contributed by atoms with van der Waals surface area (Å²) in [6.45, 7) is 9.40. The van der Waals surface area contributed by atoms with Crippen molar-refractivity contribution in [2.45, 2.75) is 57.7 Å². The third kappa shape index (κ3) is 4.09.